The number of anilines is 2. The number of sulfonamides is 1. The first kappa shape index (κ1) is 27.5. The van der Waals surface area contributed by atoms with Crippen LogP contribution in [0.4, 0.5) is 11.4 Å². The van der Waals surface area contributed by atoms with Crippen LogP contribution in [0.3, 0.4) is 0 Å². The molecule has 3 aromatic rings. The van der Waals surface area contributed by atoms with Gasteiger partial charge in [0, 0.05) is 18.7 Å². The number of rotatable bonds is 10. The average molecular weight is 595 g/mol. The molecule has 0 spiro atoms. The molecular weight excluding hydrogens is 570 g/mol. The summed E-state index contributed by atoms with van der Waals surface area (Å²) in [6, 6.07) is 16.1. The van der Waals surface area contributed by atoms with Gasteiger partial charge in [0.25, 0.3) is 15.9 Å². The summed E-state index contributed by atoms with van der Waals surface area (Å²) < 4.78 is 34.7. The average Bonchev–Trinajstić information content (AvgIpc) is 2.82. The molecule has 3 N–H and O–H groups in total. The Morgan fingerprint density at radius 1 is 1.03 bits per heavy atom. The number of hydrogen-bond donors (Lipinski definition) is 3. The van der Waals surface area contributed by atoms with Crippen LogP contribution < -0.4 is 20.1 Å². The maximum Gasteiger partial charge on any atom is 0.262 e. The molecule has 2 amide bonds. The van der Waals surface area contributed by atoms with Gasteiger partial charge in [-0.2, -0.15) is 0 Å². The Bertz CT molecular complexity index is 1380. The molecule has 0 aliphatic rings. The van der Waals surface area contributed by atoms with Crippen LogP contribution in [0.25, 0.3) is 0 Å². The third kappa shape index (κ3) is 7.22. The van der Waals surface area contributed by atoms with Crippen molar-refractivity contribution in [1.82, 2.24) is 5.32 Å². The van der Waals surface area contributed by atoms with Crippen LogP contribution in [-0.2, 0) is 14.8 Å². The van der Waals surface area contributed by atoms with Gasteiger partial charge in [-0.05, 0) is 77.8 Å². The van der Waals surface area contributed by atoms with E-state index in [9.17, 15) is 18.0 Å². The van der Waals surface area contributed by atoms with Crippen LogP contribution in [0.2, 0.25) is 5.02 Å². The summed E-state index contributed by atoms with van der Waals surface area (Å²) in [6.07, 6.45) is -0.00932. The maximum absolute atomic E-state index is 13.1. The highest BCUT2D eigenvalue weighted by atomic mass is 79.9. The second-order valence-electron chi connectivity index (χ2n) is 7.70. The molecule has 36 heavy (non-hydrogen) atoms. The first-order valence-corrected chi connectivity index (χ1v) is 13.6. The second kappa shape index (κ2) is 12.2. The van der Waals surface area contributed by atoms with Gasteiger partial charge in [-0.15, -0.1) is 0 Å². The highest BCUT2D eigenvalue weighted by Crippen LogP contribution is 2.30. The molecule has 11 heteroatoms. The quantitative estimate of drug-likeness (QED) is 0.292. The highest BCUT2D eigenvalue weighted by molar-refractivity contribution is 9.10. The topological polar surface area (TPSA) is 114 Å². The van der Waals surface area contributed by atoms with E-state index in [4.69, 9.17) is 16.3 Å². The fraction of sp³-hybridized carbons (Fsp3) is 0.200. The minimum atomic E-state index is -3.94. The number of hydrogen-bond acceptors (Lipinski definition) is 5. The highest BCUT2D eigenvalue weighted by Gasteiger charge is 2.19. The molecule has 0 aromatic heterocycles. The molecule has 0 fully saturated rings. The Labute approximate surface area is 223 Å². The molecule has 0 aliphatic carbocycles. The molecule has 0 bridgehead atoms. The summed E-state index contributed by atoms with van der Waals surface area (Å²) in [5.41, 5.74) is 1.50. The number of carbonyl (C=O) groups is 2. The van der Waals surface area contributed by atoms with Gasteiger partial charge in [-0.25, -0.2) is 8.42 Å². The van der Waals surface area contributed by atoms with E-state index in [0.29, 0.717) is 44.4 Å². The Morgan fingerprint density at radius 3 is 2.44 bits per heavy atom. The number of amides is 2. The van der Waals surface area contributed by atoms with Gasteiger partial charge in [0.05, 0.1) is 32.2 Å². The number of ether oxygens (including phenoxy) is 1. The van der Waals surface area contributed by atoms with Gasteiger partial charge in [-0.3, -0.25) is 14.3 Å². The van der Waals surface area contributed by atoms with Crippen molar-refractivity contribution in [3.8, 4) is 5.75 Å². The van der Waals surface area contributed by atoms with Crippen LogP contribution in [0, 0.1) is 6.92 Å². The van der Waals surface area contributed by atoms with Gasteiger partial charge < -0.3 is 15.4 Å². The minimum Gasteiger partial charge on any atom is -0.493 e. The van der Waals surface area contributed by atoms with Crippen molar-refractivity contribution in [2.24, 2.45) is 0 Å². The van der Waals surface area contributed by atoms with Crippen molar-refractivity contribution < 1.29 is 22.7 Å². The maximum atomic E-state index is 13.1. The smallest absolute Gasteiger partial charge is 0.262 e. The molecule has 190 valence electrons. The molecule has 0 heterocycles. The third-order valence-corrected chi connectivity index (χ3v) is 7.47. The normalized spacial score (nSPS) is 11.0. The first-order chi connectivity index (χ1) is 17.1. The zero-order chi connectivity index (χ0) is 26.3. The fourth-order valence-corrected chi connectivity index (χ4v) is 5.30. The minimum absolute atomic E-state index is 0.00932. The Hall–Kier alpha value is -3.08. The lowest BCUT2D eigenvalue weighted by molar-refractivity contribution is -0.116. The van der Waals surface area contributed by atoms with Crippen molar-refractivity contribution in [1.29, 1.82) is 0 Å². The van der Waals surface area contributed by atoms with Crippen LogP contribution >= 0.6 is 27.5 Å². The molecule has 0 saturated carbocycles. The van der Waals surface area contributed by atoms with Crippen molar-refractivity contribution in [2.75, 3.05) is 23.2 Å². The molecule has 8 nitrogen and oxygen atoms in total. The van der Waals surface area contributed by atoms with E-state index < -0.39 is 10.0 Å². The summed E-state index contributed by atoms with van der Waals surface area (Å²) in [6.45, 7) is 4.09. The summed E-state index contributed by atoms with van der Waals surface area (Å²) >= 11 is 9.38. The Morgan fingerprint density at radius 2 is 1.75 bits per heavy atom. The van der Waals surface area contributed by atoms with Crippen LogP contribution in [0.1, 0.15) is 29.3 Å². The molecule has 0 unspecified atom stereocenters. The van der Waals surface area contributed by atoms with E-state index in [1.54, 1.807) is 61.5 Å². The standard InChI is InChI=1S/C25H25BrClN3O5S/c1-3-35-22-11-10-18(14-20(22)26)30-36(33,34)23-15-17(9-8-16(23)2)29-24(31)12-13-28-25(32)19-6-4-5-7-21(19)27/h4-11,14-15,30H,3,12-13H2,1-2H3,(H,28,32)(H,29,31). The molecule has 3 aromatic carbocycles. The second-order valence-corrected chi connectivity index (χ2v) is 10.6. The van der Waals surface area contributed by atoms with E-state index in [0.717, 1.165) is 0 Å². The molecule has 0 radical (unpaired) electrons. The van der Waals surface area contributed by atoms with Crippen molar-refractivity contribution in [2.45, 2.75) is 25.2 Å². The van der Waals surface area contributed by atoms with Crippen molar-refractivity contribution in [3.05, 3.63) is 81.3 Å². The van der Waals surface area contributed by atoms with E-state index in [-0.39, 0.29) is 29.7 Å². The van der Waals surface area contributed by atoms with E-state index >= 15 is 0 Å². The number of halogens is 2. The predicted octanol–water partition coefficient (Wildman–Crippen LogP) is 5.37. The van der Waals surface area contributed by atoms with Crippen molar-refractivity contribution >= 4 is 60.7 Å². The molecule has 0 aliphatic heterocycles. The Kier molecular flexibility index (Phi) is 9.36. The van der Waals surface area contributed by atoms with Gasteiger partial charge in [0.1, 0.15) is 5.75 Å². The van der Waals surface area contributed by atoms with Crippen LogP contribution in [-0.4, -0.2) is 33.4 Å². The number of carbonyl (C=O) groups excluding carboxylic acids is 2. The van der Waals surface area contributed by atoms with Crippen LogP contribution in [0.15, 0.2) is 70.0 Å². The molecule has 0 saturated heterocycles. The van der Waals surface area contributed by atoms with Gasteiger partial charge in [-0.1, -0.05) is 29.8 Å². The fourth-order valence-electron chi connectivity index (χ4n) is 3.27. The third-order valence-electron chi connectivity index (χ3n) is 5.00. The van der Waals surface area contributed by atoms with Gasteiger partial charge in [0.15, 0.2) is 0 Å². The lowest BCUT2D eigenvalue weighted by Crippen LogP contribution is -2.27. The van der Waals surface area contributed by atoms with Gasteiger partial charge >= 0.3 is 0 Å². The predicted molar refractivity (Wildman–Crippen MR) is 144 cm³/mol. The molecular formula is C25H25BrClN3O5S. The summed E-state index contributed by atoms with van der Waals surface area (Å²) in [5.74, 6) is -0.168. The van der Waals surface area contributed by atoms with E-state index in [1.165, 1.54) is 6.07 Å². The zero-order valence-corrected chi connectivity index (χ0v) is 22.8. The number of benzene rings is 3. The summed E-state index contributed by atoms with van der Waals surface area (Å²) in [7, 11) is -3.94. The van der Waals surface area contributed by atoms with E-state index in [1.807, 2.05) is 6.92 Å². The lowest BCUT2D eigenvalue weighted by atomic mass is 10.2. The molecule has 0 atom stereocenters. The SMILES string of the molecule is CCOc1ccc(NS(=O)(=O)c2cc(NC(=O)CCNC(=O)c3ccccc3Cl)ccc2C)cc1Br. The first-order valence-electron chi connectivity index (χ1n) is 11.0. The van der Waals surface area contributed by atoms with Crippen molar-refractivity contribution in [3.63, 3.8) is 0 Å². The monoisotopic (exact) mass is 593 g/mol. The van der Waals surface area contributed by atoms with Crippen LogP contribution in [0.5, 0.6) is 5.75 Å². The molecule has 3 rings (SSSR count). The summed E-state index contributed by atoms with van der Waals surface area (Å²) in [5, 5.41) is 5.63. The van der Waals surface area contributed by atoms with Gasteiger partial charge in [0.2, 0.25) is 5.91 Å². The number of aryl methyl sites for hydroxylation is 1. The zero-order valence-electron chi connectivity index (χ0n) is 19.6. The lowest BCUT2D eigenvalue weighted by Gasteiger charge is -2.14. The largest absolute Gasteiger partial charge is 0.493 e. The van der Waals surface area contributed by atoms with E-state index in [2.05, 4.69) is 31.3 Å². The number of nitrogens with one attached hydrogen (secondary N) is 3. The Balaban J connectivity index is 1.63. The summed E-state index contributed by atoms with van der Waals surface area (Å²) in [4.78, 5) is 24.6.